The summed E-state index contributed by atoms with van der Waals surface area (Å²) in [6.45, 7) is 12.3. The zero-order valence-electron chi connectivity index (χ0n) is 16.8. The lowest BCUT2D eigenvalue weighted by molar-refractivity contribution is 0.102. The minimum atomic E-state index is 0.122. The molecule has 3 aromatic rings. The number of ketones is 1. The molecule has 0 unspecified atom stereocenters. The highest BCUT2D eigenvalue weighted by atomic mass is 32.2. The molecule has 2 aromatic heterocycles. The van der Waals surface area contributed by atoms with Gasteiger partial charge in [-0.3, -0.25) is 9.36 Å². The summed E-state index contributed by atoms with van der Waals surface area (Å²) in [6.07, 6.45) is 0. The first-order valence-electron chi connectivity index (χ1n) is 9.13. The molecule has 0 N–H and O–H groups in total. The van der Waals surface area contributed by atoms with Crippen LogP contribution in [0.4, 0.5) is 0 Å². The zero-order valence-corrected chi connectivity index (χ0v) is 17.6. The molecule has 0 saturated carbocycles. The van der Waals surface area contributed by atoms with Gasteiger partial charge in [0.1, 0.15) is 5.82 Å². The van der Waals surface area contributed by atoms with Crippen molar-refractivity contribution < 1.29 is 4.79 Å². The van der Waals surface area contributed by atoms with Gasteiger partial charge in [0.15, 0.2) is 10.9 Å². The number of carbonyl (C=O) groups is 1. The Balaban J connectivity index is 1.82. The van der Waals surface area contributed by atoms with E-state index in [4.69, 9.17) is 0 Å². The van der Waals surface area contributed by atoms with Gasteiger partial charge >= 0.3 is 0 Å². The molecule has 0 radical (unpaired) electrons. The third-order valence-corrected chi connectivity index (χ3v) is 5.62. The van der Waals surface area contributed by atoms with E-state index >= 15 is 0 Å². The highest BCUT2D eigenvalue weighted by molar-refractivity contribution is 7.99. The maximum Gasteiger partial charge on any atom is 0.196 e. The van der Waals surface area contributed by atoms with Crippen LogP contribution in [-0.4, -0.2) is 30.9 Å². The molecule has 2 heterocycles. The van der Waals surface area contributed by atoms with E-state index in [1.807, 2.05) is 36.6 Å². The lowest BCUT2D eigenvalue weighted by atomic mass is 10.2. The molecule has 0 spiro atoms. The van der Waals surface area contributed by atoms with Crippen LogP contribution in [0.2, 0.25) is 0 Å². The summed E-state index contributed by atoms with van der Waals surface area (Å²) >= 11 is 1.43. The van der Waals surface area contributed by atoms with Crippen LogP contribution in [0.15, 0.2) is 35.5 Å². The molecule has 0 bridgehead atoms. The van der Waals surface area contributed by atoms with Gasteiger partial charge in [-0.15, -0.1) is 10.2 Å². The molecular weight excluding hydrogens is 356 g/mol. The second-order valence-electron chi connectivity index (χ2n) is 7.16. The van der Waals surface area contributed by atoms with E-state index in [1.54, 1.807) is 0 Å². The number of thioether (sulfide) groups is 1. The van der Waals surface area contributed by atoms with E-state index in [0.29, 0.717) is 11.8 Å². The van der Waals surface area contributed by atoms with Gasteiger partial charge in [-0.2, -0.15) is 0 Å². The first kappa shape index (κ1) is 19.4. The summed E-state index contributed by atoms with van der Waals surface area (Å²) in [7, 11) is 0. The average Bonchev–Trinajstić information content (AvgIpc) is 3.12. The van der Waals surface area contributed by atoms with Crippen molar-refractivity contribution in [1.29, 1.82) is 0 Å². The summed E-state index contributed by atoms with van der Waals surface area (Å²) < 4.78 is 4.21. The van der Waals surface area contributed by atoms with Crippen molar-refractivity contribution in [1.82, 2.24) is 19.3 Å². The van der Waals surface area contributed by atoms with E-state index in [2.05, 4.69) is 54.6 Å². The molecule has 0 fully saturated rings. The Hall–Kier alpha value is -2.34. The SMILES string of the molecule is Cc1cccc(-n2c(C)nnc2SCC(=O)c2cc(C)n(C(C)C)c2C)c1. The molecule has 0 atom stereocenters. The Bertz CT molecular complexity index is 984. The van der Waals surface area contributed by atoms with Crippen molar-refractivity contribution in [2.24, 2.45) is 0 Å². The fraction of sp³-hybridized carbons (Fsp3) is 0.381. The van der Waals surface area contributed by atoms with Gasteiger partial charge in [0.2, 0.25) is 0 Å². The van der Waals surface area contributed by atoms with Gasteiger partial charge in [-0.25, -0.2) is 0 Å². The van der Waals surface area contributed by atoms with Crippen LogP contribution in [0.25, 0.3) is 5.69 Å². The molecule has 27 heavy (non-hydrogen) atoms. The van der Waals surface area contributed by atoms with Crippen molar-refractivity contribution in [2.75, 3.05) is 5.75 Å². The second-order valence-corrected chi connectivity index (χ2v) is 8.11. The molecule has 142 valence electrons. The summed E-state index contributed by atoms with van der Waals surface area (Å²) in [5, 5.41) is 9.23. The van der Waals surface area contributed by atoms with Crippen LogP contribution in [0.1, 0.15) is 53.0 Å². The normalized spacial score (nSPS) is 11.4. The van der Waals surface area contributed by atoms with Crippen LogP contribution in [0, 0.1) is 27.7 Å². The van der Waals surface area contributed by atoms with Gasteiger partial charge in [0.05, 0.1) is 5.75 Å². The number of aromatic nitrogens is 4. The van der Waals surface area contributed by atoms with Crippen molar-refractivity contribution in [3.63, 3.8) is 0 Å². The standard InChI is InChI=1S/C21H26N4OS/c1-13(2)24-15(4)11-19(16(24)5)20(26)12-27-21-23-22-17(6)25(21)18-9-7-8-14(3)10-18/h7-11,13H,12H2,1-6H3. The first-order chi connectivity index (χ1) is 12.8. The van der Waals surface area contributed by atoms with Crippen molar-refractivity contribution >= 4 is 17.5 Å². The van der Waals surface area contributed by atoms with Crippen molar-refractivity contribution in [3.05, 3.63) is 58.7 Å². The largest absolute Gasteiger partial charge is 0.346 e. The number of carbonyl (C=O) groups excluding carboxylic acids is 1. The predicted octanol–water partition coefficient (Wildman–Crippen LogP) is 4.86. The van der Waals surface area contributed by atoms with Crippen LogP contribution in [0.3, 0.4) is 0 Å². The van der Waals surface area contributed by atoms with Crippen molar-refractivity contribution in [3.8, 4) is 5.69 Å². The van der Waals surface area contributed by atoms with E-state index in [-0.39, 0.29) is 5.78 Å². The molecule has 0 saturated heterocycles. The Morgan fingerprint density at radius 2 is 1.85 bits per heavy atom. The molecule has 0 aliphatic carbocycles. The number of aryl methyl sites for hydroxylation is 3. The predicted molar refractivity (Wildman–Crippen MR) is 110 cm³/mol. The number of hydrogen-bond acceptors (Lipinski definition) is 4. The molecule has 5 nitrogen and oxygen atoms in total. The highest BCUT2D eigenvalue weighted by Gasteiger charge is 2.19. The first-order valence-corrected chi connectivity index (χ1v) is 10.1. The van der Waals surface area contributed by atoms with Crippen molar-refractivity contribution in [2.45, 2.75) is 52.7 Å². The number of hydrogen-bond donors (Lipinski definition) is 0. The maximum atomic E-state index is 12.8. The van der Waals surface area contributed by atoms with Gasteiger partial charge in [0, 0.05) is 28.7 Å². The maximum absolute atomic E-state index is 12.8. The molecule has 0 aliphatic rings. The molecule has 0 aliphatic heterocycles. The summed E-state index contributed by atoms with van der Waals surface area (Å²) in [5.41, 5.74) is 5.14. The lowest BCUT2D eigenvalue weighted by Crippen LogP contribution is -2.09. The van der Waals surface area contributed by atoms with Gasteiger partial charge < -0.3 is 4.57 Å². The van der Waals surface area contributed by atoms with Gasteiger partial charge in [0.25, 0.3) is 0 Å². The Kier molecular flexibility index (Phi) is 5.56. The van der Waals surface area contributed by atoms with E-state index in [1.165, 1.54) is 17.3 Å². The quantitative estimate of drug-likeness (QED) is 0.451. The van der Waals surface area contributed by atoms with Crippen LogP contribution < -0.4 is 0 Å². The molecule has 1 aromatic carbocycles. The molecule has 3 rings (SSSR count). The topological polar surface area (TPSA) is 52.7 Å². The fourth-order valence-electron chi connectivity index (χ4n) is 3.56. The third kappa shape index (κ3) is 3.86. The molecule has 6 heteroatoms. The Morgan fingerprint density at radius 1 is 1.11 bits per heavy atom. The van der Waals surface area contributed by atoms with Crippen LogP contribution >= 0.6 is 11.8 Å². The Morgan fingerprint density at radius 3 is 2.48 bits per heavy atom. The summed E-state index contributed by atoms with van der Waals surface area (Å²) in [5.74, 6) is 1.27. The zero-order chi connectivity index (χ0) is 19.7. The molecule has 0 amide bonds. The van der Waals surface area contributed by atoms with Gasteiger partial charge in [-0.1, -0.05) is 23.9 Å². The highest BCUT2D eigenvalue weighted by Crippen LogP contribution is 2.25. The number of benzene rings is 1. The fourth-order valence-corrected chi connectivity index (χ4v) is 4.44. The minimum Gasteiger partial charge on any atom is -0.346 e. The molecular formula is C21H26N4OS. The second kappa shape index (κ2) is 7.72. The van der Waals surface area contributed by atoms with Crippen LogP contribution in [-0.2, 0) is 0 Å². The lowest BCUT2D eigenvalue weighted by Gasteiger charge is -2.13. The monoisotopic (exact) mass is 382 g/mol. The average molecular weight is 383 g/mol. The van der Waals surface area contributed by atoms with Crippen LogP contribution in [0.5, 0.6) is 0 Å². The number of Topliss-reactive ketones (excluding diaryl/α,β-unsaturated/α-hetero) is 1. The van der Waals surface area contributed by atoms with E-state index in [0.717, 1.165) is 33.6 Å². The Labute approximate surface area is 164 Å². The summed E-state index contributed by atoms with van der Waals surface area (Å²) in [6, 6.07) is 10.5. The smallest absolute Gasteiger partial charge is 0.196 e. The number of nitrogens with zero attached hydrogens (tertiary/aromatic N) is 4. The summed E-state index contributed by atoms with van der Waals surface area (Å²) in [4.78, 5) is 12.8. The van der Waals surface area contributed by atoms with E-state index < -0.39 is 0 Å². The van der Waals surface area contributed by atoms with Gasteiger partial charge in [-0.05, 0) is 65.3 Å². The number of rotatable bonds is 6. The third-order valence-electron chi connectivity index (χ3n) is 4.69. The van der Waals surface area contributed by atoms with E-state index in [9.17, 15) is 4.79 Å². The minimum absolute atomic E-state index is 0.122.